The smallest absolute Gasteiger partial charge is 0.255 e. The lowest BCUT2D eigenvalue weighted by Crippen LogP contribution is -2.62. The van der Waals surface area contributed by atoms with E-state index in [9.17, 15) is 9.59 Å². The van der Waals surface area contributed by atoms with E-state index in [1.807, 2.05) is 42.6 Å². The van der Waals surface area contributed by atoms with E-state index in [4.69, 9.17) is 4.74 Å². The summed E-state index contributed by atoms with van der Waals surface area (Å²) in [6.45, 7) is 4.81. The molecule has 7 heteroatoms. The monoisotopic (exact) mass is 442 g/mol. The first kappa shape index (κ1) is 22.4. The Bertz CT molecular complexity index is 1100. The topological polar surface area (TPSA) is 84.4 Å². The minimum absolute atomic E-state index is 0.147. The lowest BCUT2D eigenvalue weighted by atomic mass is 9.90. The maximum absolute atomic E-state index is 13.2. The van der Waals surface area contributed by atoms with E-state index in [2.05, 4.69) is 21.9 Å². The van der Waals surface area contributed by atoms with Gasteiger partial charge < -0.3 is 15.0 Å². The molecule has 0 aliphatic carbocycles. The third-order valence-corrected chi connectivity index (χ3v) is 5.64. The molecule has 1 aliphatic heterocycles. The molecule has 1 atom stereocenters. The van der Waals surface area contributed by atoms with Crippen LogP contribution in [-0.2, 0) is 16.0 Å². The Kier molecular flexibility index (Phi) is 6.90. The molecule has 3 aromatic rings. The molecule has 0 radical (unpaired) electrons. The molecule has 168 valence electrons. The number of rotatable bonds is 7. The van der Waals surface area contributed by atoms with Crippen molar-refractivity contribution in [3.8, 4) is 11.1 Å². The van der Waals surface area contributed by atoms with Gasteiger partial charge in [-0.1, -0.05) is 36.4 Å². The van der Waals surface area contributed by atoms with Gasteiger partial charge >= 0.3 is 0 Å². The predicted octanol–water partition coefficient (Wildman–Crippen LogP) is 2.90. The molecule has 4 rings (SSSR count). The number of pyridine rings is 2. The molecular formula is C26H26N4O3. The van der Waals surface area contributed by atoms with E-state index in [0.29, 0.717) is 25.1 Å². The minimum atomic E-state index is -1.20. The molecule has 3 heterocycles. The zero-order valence-electron chi connectivity index (χ0n) is 18.3. The molecule has 33 heavy (non-hydrogen) atoms. The Labute approximate surface area is 193 Å². The zero-order valence-corrected chi connectivity index (χ0v) is 18.3. The fraction of sp³-hybridized carbons (Fsp3) is 0.231. The summed E-state index contributed by atoms with van der Waals surface area (Å²) in [4.78, 5) is 36.2. The Morgan fingerprint density at radius 2 is 1.82 bits per heavy atom. The summed E-state index contributed by atoms with van der Waals surface area (Å²) >= 11 is 0. The van der Waals surface area contributed by atoms with Gasteiger partial charge in [-0.05, 0) is 34.9 Å². The number of carbonyl (C=O) groups excluding carboxylic acids is 2. The molecular weight excluding hydrogens is 416 g/mol. The first-order chi connectivity index (χ1) is 16.1. The van der Waals surface area contributed by atoms with Crippen molar-refractivity contribution in [3.63, 3.8) is 0 Å². The van der Waals surface area contributed by atoms with Gasteiger partial charge in [-0.3, -0.25) is 19.6 Å². The number of nitrogens with zero attached hydrogens (tertiary/aromatic N) is 3. The maximum atomic E-state index is 13.2. The maximum Gasteiger partial charge on any atom is 0.255 e. The fourth-order valence-corrected chi connectivity index (χ4v) is 3.96. The van der Waals surface area contributed by atoms with Gasteiger partial charge in [0.2, 0.25) is 0 Å². The van der Waals surface area contributed by atoms with E-state index in [0.717, 1.165) is 16.7 Å². The second-order valence-electron chi connectivity index (χ2n) is 7.93. The number of ether oxygens (including phenoxy) is 1. The number of benzene rings is 1. The number of aromatic nitrogens is 2. The molecule has 1 saturated heterocycles. The SMILES string of the molecule is C=CCNC(=O)C1(Cc2ccc(-c3cccnc3)cc2)CN(C(=O)c2cccnc2)CCO1. The summed E-state index contributed by atoms with van der Waals surface area (Å²) in [5.74, 6) is -0.429. The van der Waals surface area contributed by atoms with Crippen molar-refractivity contribution in [2.45, 2.75) is 12.0 Å². The summed E-state index contributed by atoms with van der Waals surface area (Å²) < 4.78 is 6.09. The van der Waals surface area contributed by atoms with E-state index < -0.39 is 5.60 Å². The van der Waals surface area contributed by atoms with Crippen molar-refractivity contribution >= 4 is 11.8 Å². The first-order valence-corrected chi connectivity index (χ1v) is 10.8. The molecule has 7 nitrogen and oxygen atoms in total. The second-order valence-corrected chi connectivity index (χ2v) is 7.93. The molecule has 1 aliphatic rings. The summed E-state index contributed by atoms with van der Waals surface area (Å²) in [7, 11) is 0. The van der Waals surface area contributed by atoms with E-state index >= 15 is 0 Å². The highest BCUT2D eigenvalue weighted by atomic mass is 16.5. The third kappa shape index (κ3) is 5.15. The van der Waals surface area contributed by atoms with Crippen LogP contribution in [0.25, 0.3) is 11.1 Å². The number of nitrogens with one attached hydrogen (secondary N) is 1. The highest BCUT2D eigenvalue weighted by Crippen LogP contribution is 2.27. The van der Waals surface area contributed by atoms with Crippen LogP contribution in [0, 0.1) is 0 Å². The van der Waals surface area contributed by atoms with Crippen molar-refractivity contribution in [2.75, 3.05) is 26.2 Å². The van der Waals surface area contributed by atoms with Gasteiger partial charge in [-0.2, -0.15) is 0 Å². The van der Waals surface area contributed by atoms with Crippen LogP contribution in [-0.4, -0.2) is 58.5 Å². The van der Waals surface area contributed by atoms with Gasteiger partial charge in [-0.25, -0.2) is 0 Å². The number of morpholine rings is 1. The largest absolute Gasteiger partial charge is 0.361 e. The summed E-state index contributed by atoms with van der Waals surface area (Å²) in [5, 5.41) is 2.86. The number of hydrogen-bond donors (Lipinski definition) is 1. The van der Waals surface area contributed by atoms with E-state index in [-0.39, 0.29) is 25.0 Å². The number of hydrogen-bond acceptors (Lipinski definition) is 5. The average Bonchev–Trinajstić information content (AvgIpc) is 2.88. The fourth-order valence-electron chi connectivity index (χ4n) is 3.96. The van der Waals surface area contributed by atoms with E-state index in [1.165, 1.54) is 6.20 Å². The van der Waals surface area contributed by atoms with Gasteiger partial charge in [-0.15, -0.1) is 6.58 Å². The minimum Gasteiger partial charge on any atom is -0.361 e. The Morgan fingerprint density at radius 3 is 2.48 bits per heavy atom. The van der Waals surface area contributed by atoms with Crippen molar-refractivity contribution in [3.05, 3.63) is 97.1 Å². The lowest BCUT2D eigenvalue weighted by molar-refractivity contribution is -0.157. The Hall–Kier alpha value is -3.84. The molecule has 2 amide bonds. The Balaban J connectivity index is 1.58. The highest BCUT2D eigenvalue weighted by molar-refractivity contribution is 5.95. The van der Waals surface area contributed by atoms with Gasteiger partial charge in [0.15, 0.2) is 5.60 Å². The Morgan fingerprint density at radius 1 is 1.06 bits per heavy atom. The second kappa shape index (κ2) is 10.2. The predicted molar refractivity (Wildman–Crippen MR) is 125 cm³/mol. The van der Waals surface area contributed by atoms with Gasteiger partial charge in [0, 0.05) is 44.3 Å². The molecule has 0 bridgehead atoms. The average molecular weight is 443 g/mol. The summed E-state index contributed by atoms with van der Waals surface area (Å²) in [6.07, 6.45) is 8.66. The first-order valence-electron chi connectivity index (χ1n) is 10.8. The molecule has 1 aromatic carbocycles. The normalized spacial score (nSPS) is 17.9. The van der Waals surface area contributed by atoms with Gasteiger partial charge in [0.25, 0.3) is 11.8 Å². The third-order valence-electron chi connectivity index (χ3n) is 5.64. The van der Waals surface area contributed by atoms with Crippen LogP contribution in [0.2, 0.25) is 0 Å². The summed E-state index contributed by atoms with van der Waals surface area (Å²) in [5.41, 5.74) is 2.28. The molecule has 1 N–H and O–H groups in total. The van der Waals surface area contributed by atoms with Crippen LogP contribution in [0.4, 0.5) is 0 Å². The van der Waals surface area contributed by atoms with Crippen molar-refractivity contribution < 1.29 is 14.3 Å². The number of amides is 2. The van der Waals surface area contributed by atoms with Crippen LogP contribution >= 0.6 is 0 Å². The van der Waals surface area contributed by atoms with Gasteiger partial charge in [0.05, 0.1) is 18.7 Å². The van der Waals surface area contributed by atoms with Crippen LogP contribution in [0.1, 0.15) is 15.9 Å². The van der Waals surface area contributed by atoms with Crippen LogP contribution in [0.3, 0.4) is 0 Å². The standard InChI is InChI=1S/C26H26N4O3/c1-2-11-29-25(32)26(16-20-7-9-21(10-8-20)22-5-3-12-27-17-22)19-30(14-15-33-26)24(31)23-6-4-13-28-18-23/h2-10,12-13,17-18H,1,11,14-16,19H2,(H,29,32). The zero-order chi connectivity index (χ0) is 23.1. The molecule has 1 unspecified atom stereocenters. The quantitative estimate of drug-likeness (QED) is 0.569. The van der Waals surface area contributed by atoms with Crippen LogP contribution in [0.5, 0.6) is 0 Å². The molecule has 0 saturated carbocycles. The van der Waals surface area contributed by atoms with Crippen molar-refractivity contribution in [1.82, 2.24) is 20.2 Å². The van der Waals surface area contributed by atoms with Crippen LogP contribution in [0.15, 0.2) is 86.0 Å². The molecule has 0 spiro atoms. The number of carbonyl (C=O) groups is 2. The van der Waals surface area contributed by atoms with Gasteiger partial charge in [0.1, 0.15) is 0 Å². The summed E-state index contributed by atoms with van der Waals surface area (Å²) in [6, 6.07) is 15.3. The molecule has 1 fully saturated rings. The molecule has 2 aromatic heterocycles. The van der Waals surface area contributed by atoms with E-state index in [1.54, 1.807) is 35.5 Å². The van der Waals surface area contributed by atoms with Crippen molar-refractivity contribution in [1.29, 1.82) is 0 Å². The van der Waals surface area contributed by atoms with Crippen molar-refractivity contribution in [2.24, 2.45) is 0 Å². The van der Waals surface area contributed by atoms with Crippen LogP contribution < -0.4 is 5.32 Å². The lowest BCUT2D eigenvalue weighted by Gasteiger charge is -2.41. The highest BCUT2D eigenvalue weighted by Gasteiger charge is 2.45.